The minimum Gasteiger partial charge on any atom is -0.467 e. The van der Waals surface area contributed by atoms with E-state index in [2.05, 4.69) is 15.4 Å². The van der Waals surface area contributed by atoms with E-state index in [1.165, 1.54) is 21.9 Å². The number of hydrogen-bond acceptors (Lipinski definition) is 6. The van der Waals surface area contributed by atoms with Gasteiger partial charge in [-0.2, -0.15) is 9.61 Å². The second kappa shape index (κ2) is 7.23. The number of aromatic nitrogens is 3. The molecule has 4 rings (SSSR count). The maximum absolute atomic E-state index is 12.3. The molecular formula is C19H18N4O2S. The predicted molar refractivity (Wildman–Crippen MR) is 100 cm³/mol. The van der Waals surface area contributed by atoms with E-state index >= 15 is 0 Å². The highest BCUT2D eigenvalue weighted by Crippen LogP contribution is 2.22. The Labute approximate surface area is 154 Å². The number of rotatable bonds is 6. The lowest BCUT2D eigenvalue weighted by Crippen LogP contribution is -2.24. The van der Waals surface area contributed by atoms with Gasteiger partial charge < -0.3 is 4.42 Å². The van der Waals surface area contributed by atoms with E-state index in [0.29, 0.717) is 17.2 Å². The molecule has 0 saturated carbocycles. The van der Waals surface area contributed by atoms with Crippen molar-refractivity contribution in [3.05, 3.63) is 87.2 Å². The van der Waals surface area contributed by atoms with Gasteiger partial charge in [-0.1, -0.05) is 48.6 Å². The first-order valence-electron chi connectivity index (χ1n) is 8.45. The van der Waals surface area contributed by atoms with E-state index in [1.807, 2.05) is 49.4 Å². The monoisotopic (exact) mass is 366 g/mol. The smallest absolute Gasteiger partial charge is 0.275 e. The molecule has 0 aliphatic rings. The van der Waals surface area contributed by atoms with Crippen molar-refractivity contribution in [3.63, 3.8) is 0 Å². The van der Waals surface area contributed by atoms with Gasteiger partial charge in [-0.3, -0.25) is 10.1 Å². The molecule has 132 valence electrons. The van der Waals surface area contributed by atoms with E-state index in [-0.39, 0.29) is 11.6 Å². The van der Waals surface area contributed by atoms with Crippen LogP contribution in [-0.4, -0.2) is 14.6 Å². The fourth-order valence-electron chi connectivity index (χ4n) is 2.82. The summed E-state index contributed by atoms with van der Waals surface area (Å²) in [6, 6.07) is 15.3. The average Bonchev–Trinajstić information content (AvgIpc) is 3.33. The topological polar surface area (TPSA) is 72.4 Å². The van der Waals surface area contributed by atoms with Gasteiger partial charge in [-0.15, -0.1) is 0 Å². The van der Waals surface area contributed by atoms with Gasteiger partial charge in [0, 0.05) is 12.6 Å². The van der Waals surface area contributed by atoms with Crippen LogP contribution < -0.4 is 10.9 Å². The van der Waals surface area contributed by atoms with Crippen LogP contribution in [0.2, 0.25) is 0 Å². The number of nitrogens with one attached hydrogen (secondary N) is 1. The van der Waals surface area contributed by atoms with E-state index in [0.717, 1.165) is 22.8 Å². The summed E-state index contributed by atoms with van der Waals surface area (Å²) >= 11 is 1.45. The SMILES string of the molecule is CCc1nn2c(=O)cc(CN[C@H](c3ccccc3)c3ccco3)nc2s1. The maximum atomic E-state index is 12.3. The molecule has 1 aromatic carbocycles. The summed E-state index contributed by atoms with van der Waals surface area (Å²) in [4.78, 5) is 17.5. The van der Waals surface area contributed by atoms with Crippen molar-refractivity contribution in [2.24, 2.45) is 0 Å². The van der Waals surface area contributed by atoms with Crippen molar-refractivity contribution in [3.8, 4) is 0 Å². The highest BCUT2D eigenvalue weighted by atomic mass is 32.1. The molecule has 0 aliphatic heterocycles. The third-order valence-corrected chi connectivity index (χ3v) is 5.14. The number of furan rings is 1. The maximum Gasteiger partial charge on any atom is 0.275 e. The Morgan fingerprint density at radius 1 is 1.23 bits per heavy atom. The Morgan fingerprint density at radius 3 is 2.81 bits per heavy atom. The van der Waals surface area contributed by atoms with E-state index in [4.69, 9.17) is 4.42 Å². The molecule has 0 unspecified atom stereocenters. The van der Waals surface area contributed by atoms with Crippen LogP contribution >= 0.6 is 11.3 Å². The van der Waals surface area contributed by atoms with E-state index in [9.17, 15) is 4.79 Å². The van der Waals surface area contributed by atoms with Crippen LogP contribution in [0.25, 0.3) is 4.96 Å². The quantitative estimate of drug-likeness (QED) is 0.567. The number of nitrogens with zero attached hydrogens (tertiary/aromatic N) is 3. The Kier molecular flexibility index (Phi) is 4.64. The molecule has 4 aromatic rings. The number of benzene rings is 1. The van der Waals surface area contributed by atoms with Crippen molar-refractivity contribution >= 4 is 16.3 Å². The van der Waals surface area contributed by atoms with Crippen molar-refractivity contribution in [2.75, 3.05) is 0 Å². The summed E-state index contributed by atoms with van der Waals surface area (Å²) in [5.74, 6) is 0.819. The average molecular weight is 366 g/mol. The third kappa shape index (κ3) is 3.31. The van der Waals surface area contributed by atoms with Crippen molar-refractivity contribution in [2.45, 2.75) is 25.9 Å². The molecule has 1 N–H and O–H groups in total. The Hall–Kier alpha value is -2.77. The summed E-state index contributed by atoms with van der Waals surface area (Å²) in [6.45, 7) is 2.46. The van der Waals surface area contributed by atoms with E-state index in [1.54, 1.807) is 6.26 Å². The molecule has 0 amide bonds. The molecule has 1 atom stereocenters. The minimum atomic E-state index is -0.156. The zero-order valence-corrected chi connectivity index (χ0v) is 15.1. The Balaban J connectivity index is 1.62. The van der Waals surface area contributed by atoms with Crippen LogP contribution in [0.4, 0.5) is 0 Å². The summed E-state index contributed by atoms with van der Waals surface area (Å²) in [7, 11) is 0. The van der Waals surface area contributed by atoms with Crippen molar-refractivity contribution < 1.29 is 4.42 Å². The second-order valence-corrected chi connectivity index (χ2v) is 6.91. The molecule has 26 heavy (non-hydrogen) atoms. The Morgan fingerprint density at radius 2 is 2.08 bits per heavy atom. The largest absolute Gasteiger partial charge is 0.467 e. The zero-order chi connectivity index (χ0) is 17.9. The second-order valence-electron chi connectivity index (χ2n) is 5.87. The van der Waals surface area contributed by atoms with E-state index < -0.39 is 0 Å². The minimum absolute atomic E-state index is 0.112. The van der Waals surface area contributed by atoms with Crippen LogP contribution in [0.3, 0.4) is 0 Å². The molecule has 0 radical (unpaired) electrons. The van der Waals surface area contributed by atoms with Gasteiger partial charge in [0.1, 0.15) is 10.8 Å². The molecule has 6 nitrogen and oxygen atoms in total. The van der Waals surface area contributed by atoms with Gasteiger partial charge in [-0.25, -0.2) is 4.98 Å². The summed E-state index contributed by atoms with van der Waals surface area (Å²) in [6.07, 6.45) is 2.45. The highest BCUT2D eigenvalue weighted by molar-refractivity contribution is 7.16. The number of fused-ring (bicyclic) bond motifs is 1. The first kappa shape index (κ1) is 16.7. The molecule has 0 saturated heterocycles. The first-order chi connectivity index (χ1) is 12.7. The van der Waals surface area contributed by atoms with Gasteiger partial charge in [0.05, 0.1) is 18.0 Å². The summed E-state index contributed by atoms with van der Waals surface area (Å²) in [5, 5.41) is 8.63. The molecule has 0 aliphatic carbocycles. The van der Waals surface area contributed by atoms with Crippen molar-refractivity contribution in [1.29, 1.82) is 0 Å². The molecule has 3 aromatic heterocycles. The highest BCUT2D eigenvalue weighted by Gasteiger charge is 2.17. The first-order valence-corrected chi connectivity index (χ1v) is 9.26. The van der Waals surface area contributed by atoms with Gasteiger partial charge >= 0.3 is 0 Å². The van der Waals surface area contributed by atoms with Crippen LogP contribution in [0, 0.1) is 0 Å². The summed E-state index contributed by atoms with van der Waals surface area (Å²) < 4.78 is 6.96. The van der Waals surface area contributed by atoms with Gasteiger partial charge in [0.2, 0.25) is 4.96 Å². The number of aryl methyl sites for hydroxylation is 1. The standard InChI is InChI=1S/C19H18N4O2S/c1-2-16-22-23-17(24)11-14(21-19(23)26-16)12-20-18(15-9-6-10-25-15)13-7-4-3-5-8-13/h3-11,18,20H,2,12H2,1H3/t18-/m1/s1. The van der Waals surface area contributed by atoms with Crippen LogP contribution in [0.15, 0.2) is 64.0 Å². The van der Waals surface area contributed by atoms with Gasteiger partial charge in [-0.05, 0) is 24.1 Å². The fraction of sp³-hybridized carbons (Fsp3) is 0.211. The van der Waals surface area contributed by atoms with Gasteiger partial charge in [0.25, 0.3) is 5.56 Å². The van der Waals surface area contributed by atoms with Gasteiger partial charge in [0.15, 0.2) is 0 Å². The fourth-order valence-corrected chi connectivity index (χ4v) is 3.68. The lowest BCUT2D eigenvalue weighted by atomic mass is 10.0. The van der Waals surface area contributed by atoms with Crippen LogP contribution in [-0.2, 0) is 13.0 Å². The third-order valence-electron chi connectivity index (χ3n) is 4.09. The van der Waals surface area contributed by atoms with Crippen LogP contribution in [0.1, 0.15) is 35.0 Å². The molecular weight excluding hydrogens is 348 g/mol. The molecule has 0 spiro atoms. The molecule has 3 heterocycles. The predicted octanol–water partition coefficient (Wildman–Crippen LogP) is 3.19. The molecule has 7 heteroatoms. The lowest BCUT2D eigenvalue weighted by molar-refractivity contribution is 0.444. The Bertz CT molecular complexity index is 1050. The molecule has 0 bridgehead atoms. The summed E-state index contributed by atoms with van der Waals surface area (Å²) in [5.41, 5.74) is 1.62. The lowest BCUT2D eigenvalue weighted by Gasteiger charge is -2.16. The van der Waals surface area contributed by atoms with Crippen LogP contribution in [0.5, 0.6) is 0 Å². The molecule has 0 fully saturated rings. The van der Waals surface area contributed by atoms with Crippen molar-refractivity contribution in [1.82, 2.24) is 19.9 Å². The normalized spacial score (nSPS) is 12.5. The number of hydrogen-bond donors (Lipinski definition) is 1. The zero-order valence-electron chi connectivity index (χ0n) is 14.3.